The highest BCUT2D eigenvalue weighted by molar-refractivity contribution is 9.10. The minimum absolute atomic E-state index is 0.624. The number of hydrogen-bond donors (Lipinski definition) is 0. The molecule has 24 heavy (non-hydrogen) atoms. The summed E-state index contributed by atoms with van der Waals surface area (Å²) in [5, 5.41) is 0. The van der Waals surface area contributed by atoms with Crippen LogP contribution in [0.15, 0.2) is 93.9 Å². The highest BCUT2D eigenvalue weighted by atomic mass is 79.9. The summed E-state index contributed by atoms with van der Waals surface area (Å²) in [6, 6.07) is 26.6. The molecule has 0 N–H and O–H groups in total. The molecule has 3 heteroatoms. The van der Waals surface area contributed by atoms with Crippen LogP contribution in [0.25, 0.3) is 33.9 Å². The number of oxazole rings is 1. The van der Waals surface area contributed by atoms with Gasteiger partial charge in [0.05, 0.1) is 6.20 Å². The largest absolute Gasteiger partial charge is 0.436 e. The molecule has 0 saturated carbocycles. The van der Waals surface area contributed by atoms with E-state index in [-0.39, 0.29) is 0 Å². The Morgan fingerprint density at radius 1 is 0.667 bits per heavy atom. The van der Waals surface area contributed by atoms with E-state index in [1.165, 1.54) is 11.1 Å². The summed E-state index contributed by atoms with van der Waals surface area (Å²) >= 11 is 3.47. The van der Waals surface area contributed by atoms with E-state index in [2.05, 4.69) is 57.3 Å². The fourth-order valence-electron chi connectivity index (χ4n) is 2.62. The monoisotopic (exact) mass is 375 g/mol. The van der Waals surface area contributed by atoms with Crippen molar-refractivity contribution in [2.45, 2.75) is 0 Å². The fourth-order valence-corrected chi connectivity index (χ4v) is 3.02. The van der Waals surface area contributed by atoms with Crippen LogP contribution in [0.1, 0.15) is 0 Å². The average Bonchev–Trinajstić information content (AvgIpc) is 3.13. The third-order valence-electron chi connectivity index (χ3n) is 3.85. The van der Waals surface area contributed by atoms with E-state index in [1.807, 2.05) is 42.5 Å². The molecular formula is C21H14BrNO. The smallest absolute Gasteiger partial charge is 0.226 e. The van der Waals surface area contributed by atoms with Crippen LogP contribution in [0.3, 0.4) is 0 Å². The lowest BCUT2D eigenvalue weighted by molar-refractivity contribution is 0.589. The number of halogens is 1. The quantitative estimate of drug-likeness (QED) is 0.411. The van der Waals surface area contributed by atoms with E-state index in [4.69, 9.17) is 4.42 Å². The van der Waals surface area contributed by atoms with Crippen LogP contribution in [-0.4, -0.2) is 4.98 Å². The number of benzene rings is 3. The van der Waals surface area contributed by atoms with Crippen LogP contribution in [0.4, 0.5) is 0 Å². The Morgan fingerprint density at radius 2 is 1.33 bits per heavy atom. The molecule has 3 aromatic carbocycles. The minimum atomic E-state index is 0.624. The van der Waals surface area contributed by atoms with Gasteiger partial charge in [0.25, 0.3) is 0 Å². The molecule has 0 aliphatic heterocycles. The first-order valence-electron chi connectivity index (χ1n) is 7.67. The van der Waals surface area contributed by atoms with E-state index >= 15 is 0 Å². The molecule has 0 aliphatic carbocycles. The first kappa shape index (κ1) is 14.9. The van der Waals surface area contributed by atoms with Crippen LogP contribution >= 0.6 is 15.9 Å². The van der Waals surface area contributed by atoms with Crippen LogP contribution in [0.5, 0.6) is 0 Å². The fraction of sp³-hybridized carbons (Fsp3) is 0. The van der Waals surface area contributed by atoms with Crippen LogP contribution < -0.4 is 0 Å². The van der Waals surface area contributed by atoms with E-state index in [0.29, 0.717) is 5.89 Å². The Balaban J connectivity index is 1.63. The van der Waals surface area contributed by atoms with Gasteiger partial charge in [-0.05, 0) is 29.3 Å². The van der Waals surface area contributed by atoms with E-state index < -0.39 is 0 Å². The molecule has 0 aliphatic rings. The zero-order valence-electron chi connectivity index (χ0n) is 12.8. The summed E-state index contributed by atoms with van der Waals surface area (Å²) in [4.78, 5) is 4.40. The molecule has 0 atom stereocenters. The van der Waals surface area contributed by atoms with Crippen molar-refractivity contribution >= 4 is 15.9 Å². The normalized spacial score (nSPS) is 10.7. The average molecular weight is 376 g/mol. The SMILES string of the molecule is Brc1cccc(-c2ncc(-c3ccc(-c4ccccc4)cc3)o2)c1. The molecule has 4 aromatic rings. The van der Waals surface area contributed by atoms with Crippen LogP contribution in [0, 0.1) is 0 Å². The van der Waals surface area contributed by atoms with Gasteiger partial charge in [0.1, 0.15) is 0 Å². The highest BCUT2D eigenvalue weighted by Gasteiger charge is 2.09. The molecular weight excluding hydrogens is 362 g/mol. The molecule has 0 saturated heterocycles. The van der Waals surface area contributed by atoms with Crippen molar-refractivity contribution in [1.29, 1.82) is 0 Å². The summed E-state index contributed by atoms with van der Waals surface area (Å²) in [5.41, 5.74) is 4.36. The van der Waals surface area contributed by atoms with Crippen molar-refractivity contribution in [2.24, 2.45) is 0 Å². The molecule has 1 heterocycles. The summed E-state index contributed by atoms with van der Waals surface area (Å²) in [6.45, 7) is 0. The maximum Gasteiger partial charge on any atom is 0.226 e. The molecule has 0 amide bonds. The maximum absolute atomic E-state index is 5.92. The van der Waals surface area contributed by atoms with E-state index in [9.17, 15) is 0 Å². The second-order valence-electron chi connectivity index (χ2n) is 5.48. The topological polar surface area (TPSA) is 26.0 Å². The van der Waals surface area contributed by atoms with Crippen LogP contribution in [-0.2, 0) is 0 Å². The summed E-state index contributed by atoms with van der Waals surface area (Å²) in [5.74, 6) is 1.39. The third kappa shape index (κ3) is 3.03. The van der Waals surface area contributed by atoms with Gasteiger partial charge in [-0.15, -0.1) is 0 Å². The second-order valence-corrected chi connectivity index (χ2v) is 6.40. The van der Waals surface area contributed by atoms with E-state index in [0.717, 1.165) is 21.4 Å². The molecule has 2 nitrogen and oxygen atoms in total. The van der Waals surface area contributed by atoms with Gasteiger partial charge in [-0.2, -0.15) is 0 Å². The van der Waals surface area contributed by atoms with Gasteiger partial charge in [-0.3, -0.25) is 0 Å². The van der Waals surface area contributed by atoms with Crippen molar-refractivity contribution in [1.82, 2.24) is 4.98 Å². The van der Waals surface area contributed by atoms with Crippen molar-refractivity contribution in [3.8, 4) is 33.9 Å². The minimum Gasteiger partial charge on any atom is -0.436 e. The Hall–Kier alpha value is -2.65. The third-order valence-corrected chi connectivity index (χ3v) is 4.35. The van der Waals surface area contributed by atoms with Gasteiger partial charge >= 0.3 is 0 Å². The van der Waals surface area contributed by atoms with Gasteiger partial charge in [-0.25, -0.2) is 4.98 Å². The summed E-state index contributed by atoms with van der Waals surface area (Å²) in [7, 11) is 0. The molecule has 0 spiro atoms. The van der Waals surface area contributed by atoms with Gasteiger partial charge < -0.3 is 4.42 Å². The van der Waals surface area contributed by atoms with Gasteiger partial charge in [0, 0.05) is 15.6 Å². The van der Waals surface area contributed by atoms with Crippen molar-refractivity contribution in [2.75, 3.05) is 0 Å². The van der Waals surface area contributed by atoms with Gasteiger partial charge in [-0.1, -0.05) is 76.6 Å². The number of aromatic nitrogens is 1. The maximum atomic E-state index is 5.92. The van der Waals surface area contributed by atoms with Crippen molar-refractivity contribution in [3.63, 3.8) is 0 Å². The number of hydrogen-bond acceptors (Lipinski definition) is 2. The highest BCUT2D eigenvalue weighted by Crippen LogP contribution is 2.29. The Kier molecular flexibility index (Phi) is 4.01. The molecule has 4 rings (SSSR count). The predicted molar refractivity (Wildman–Crippen MR) is 101 cm³/mol. The van der Waals surface area contributed by atoms with Crippen LogP contribution in [0.2, 0.25) is 0 Å². The lowest BCUT2D eigenvalue weighted by atomic mass is 10.0. The standard InChI is InChI=1S/C21H14BrNO/c22-19-8-4-7-18(13-19)21-23-14-20(24-21)17-11-9-16(10-12-17)15-5-2-1-3-6-15/h1-14H. The first-order valence-corrected chi connectivity index (χ1v) is 8.46. The zero-order chi connectivity index (χ0) is 16.4. The molecule has 0 bridgehead atoms. The molecule has 0 fully saturated rings. The second kappa shape index (κ2) is 6.46. The predicted octanol–water partition coefficient (Wildman–Crippen LogP) is 6.44. The number of rotatable bonds is 3. The lowest BCUT2D eigenvalue weighted by Gasteiger charge is -2.02. The van der Waals surface area contributed by atoms with Crippen molar-refractivity contribution in [3.05, 3.63) is 89.5 Å². The zero-order valence-corrected chi connectivity index (χ0v) is 14.4. The number of nitrogens with zero attached hydrogens (tertiary/aromatic N) is 1. The van der Waals surface area contributed by atoms with Crippen molar-refractivity contribution < 1.29 is 4.42 Å². The molecule has 0 unspecified atom stereocenters. The molecule has 1 aromatic heterocycles. The Morgan fingerprint density at radius 3 is 2.08 bits per heavy atom. The summed E-state index contributed by atoms with van der Waals surface area (Å²) in [6.07, 6.45) is 1.77. The Labute approximate surface area is 148 Å². The lowest BCUT2D eigenvalue weighted by Crippen LogP contribution is -1.78. The molecule has 116 valence electrons. The van der Waals surface area contributed by atoms with E-state index in [1.54, 1.807) is 6.20 Å². The first-order chi connectivity index (χ1) is 11.8. The Bertz CT molecular complexity index is 959. The molecule has 0 radical (unpaired) electrons. The van der Waals surface area contributed by atoms with Gasteiger partial charge in [0.2, 0.25) is 5.89 Å². The van der Waals surface area contributed by atoms with Gasteiger partial charge in [0.15, 0.2) is 5.76 Å². The summed E-state index contributed by atoms with van der Waals surface area (Å²) < 4.78 is 6.93.